The van der Waals surface area contributed by atoms with Crippen molar-refractivity contribution >= 4 is 22.4 Å². The molecule has 7 heteroatoms. The molecule has 6 rings (SSSR count). The number of aryl methyl sites for hydroxylation is 1. The summed E-state index contributed by atoms with van der Waals surface area (Å²) in [5, 5.41) is 5.82. The molecule has 0 spiro atoms. The van der Waals surface area contributed by atoms with Gasteiger partial charge in [0.25, 0.3) is 0 Å². The lowest BCUT2D eigenvalue weighted by molar-refractivity contribution is -0.119. The molecular formula is C30H26N4O3. The van der Waals surface area contributed by atoms with E-state index in [4.69, 9.17) is 19.6 Å². The Morgan fingerprint density at radius 1 is 0.811 bits per heavy atom. The van der Waals surface area contributed by atoms with Gasteiger partial charge in [-0.2, -0.15) is 10.1 Å². The van der Waals surface area contributed by atoms with Gasteiger partial charge in [-0.1, -0.05) is 60.7 Å². The summed E-state index contributed by atoms with van der Waals surface area (Å²) < 4.78 is 14.1. The normalized spacial score (nSPS) is 13.0. The third-order valence-corrected chi connectivity index (χ3v) is 6.47. The van der Waals surface area contributed by atoms with Crippen LogP contribution in [0.5, 0.6) is 11.8 Å². The van der Waals surface area contributed by atoms with E-state index >= 15 is 0 Å². The molecule has 0 bridgehead atoms. The number of rotatable bonds is 8. The quantitative estimate of drug-likeness (QED) is 0.298. The van der Waals surface area contributed by atoms with Gasteiger partial charge in [-0.15, -0.1) is 0 Å². The van der Waals surface area contributed by atoms with Gasteiger partial charge in [-0.25, -0.2) is 0 Å². The van der Waals surface area contributed by atoms with Crippen LogP contribution in [0.2, 0.25) is 0 Å². The van der Waals surface area contributed by atoms with Crippen LogP contribution in [-0.2, 0) is 25.1 Å². The van der Waals surface area contributed by atoms with Gasteiger partial charge in [0.2, 0.25) is 11.8 Å². The first-order valence-corrected chi connectivity index (χ1v) is 12.2. The summed E-state index contributed by atoms with van der Waals surface area (Å²) in [6.07, 6.45) is 0. The summed E-state index contributed by atoms with van der Waals surface area (Å²) in [7, 11) is 1.92. The minimum Gasteiger partial charge on any atom is -0.473 e. The zero-order chi connectivity index (χ0) is 25.2. The SMILES string of the molecule is Cn1nc(-c2ccc(OCc3ccccc3)nc2OCc2ccccc2)c2ccc(N3CC(=O)C3)cc21. The van der Waals surface area contributed by atoms with E-state index in [1.54, 1.807) is 0 Å². The number of fused-ring (bicyclic) bond motifs is 1. The molecule has 184 valence electrons. The number of anilines is 1. The molecule has 37 heavy (non-hydrogen) atoms. The Balaban J connectivity index is 1.34. The van der Waals surface area contributed by atoms with Crippen LogP contribution < -0.4 is 14.4 Å². The van der Waals surface area contributed by atoms with Crippen molar-refractivity contribution in [1.82, 2.24) is 14.8 Å². The minimum atomic E-state index is 0.256. The van der Waals surface area contributed by atoms with Crippen molar-refractivity contribution in [2.45, 2.75) is 13.2 Å². The molecule has 5 aromatic rings. The first-order valence-electron chi connectivity index (χ1n) is 12.2. The van der Waals surface area contributed by atoms with E-state index in [-0.39, 0.29) is 5.78 Å². The fourth-order valence-electron chi connectivity index (χ4n) is 4.45. The van der Waals surface area contributed by atoms with Gasteiger partial charge >= 0.3 is 0 Å². The largest absolute Gasteiger partial charge is 0.473 e. The number of nitrogens with zero attached hydrogens (tertiary/aromatic N) is 4. The molecule has 0 N–H and O–H groups in total. The van der Waals surface area contributed by atoms with Gasteiger partial charge in [-0.05, 0) is 35.4 Å². The molecule has 3 aromatic carbocycles. The maximum Gasteiger partial charge on any atom is 0.226 e. The zero-order valence-electron chi connectivity index (χ0n) is 20.5. The highest BCUT2D eigenvalue weighted by atomic mass is 16.5. The average molecular weight is 491 g/mol. The van der Waals surface area contributed by atoms with E-state index in [0.717, 1.165) is 39.0 Å². The lowest BCUT2D eigenvalue weighted by Gasteiger charge is -2.31. The Morgan fingerprint density at radius 3 is 2.16 bits per heavy atom. The monoisotopic (exact) mass is 490 g/mol. The predicted octanol–water partition coefficient (Wildman–Crippen LogP) is 5.18. The fourth-order valence-corrected chi connectivity index (χ4v) is 4.45. The molecule has 0 atom stereocenters. The second-order valence-corrected chi connectivity index (χ2v) is 9.12. The van der Waals surface area contributed by atoms with Crippen LogP contribution in [0.15, 0.2) is 91.0 Å². The first-order chi connectivity index (χ1) is 18.1. The van der Waals surface area contributed by atoms with E-state index < -0.39 is 0 Å². The highest BCUT2D eigenvalue weighted by Crippen LogP contribution is 2.36. The van der Waals surface area contributed by atoms with E-state index in [1.165, 1.54) is 0 Å². The van der Waals surface area contributed by atoms with Crippen molar-refractivity contribution in [2.75, 3.05) is 18.0 Å². The number of hydrogen-bond acceptors (Lipinski definition) is 6. The molecule has 0 saturated carbocycles. The highest BCUT2D eigenvalue weighted by Gasteiger charge is 2.25. The van der Waals surface area contributed by atoms with E-state index in [1.807, 2.05) is 90.6 Å². The predicted molar refractivity (Wildman–Crippen MR) is 143 cm³/mol. The topological polar surface area (TPSA) is 69.5 Å². The van der Waals surface area contributed by atoms with E-state index in [0.29, 0.717) is 38.1 Å². The Morgan fingerprint density at radius 2 is 1.49 bits per heavy atom. The van der Waals surface area contributed by atoms with Gasteiger partial charge in [0.1, 0.15) is 18.9 Å². The van der Waals surface area contributed by atoms with Gasteiger partial charge in [-0.3, -0.25) is 9.48 Å². The molecule has 0 aliphatic carbocycles. The molecule has 0 amide bonds. The number of benzene rings is 3. The Hall–Kier alpha value is -4.65. The van der Waals surface area contributed by atoms with Crippen LogP contribution >= 0.6 is 0 Å². The maximum atomic E-state index is 11.5. The van der Waals surface area contributed by atoms with Crippen LogP contribution in [0, 0.1) is 0 Å². The van der Waals surface area contributed by atoms with Crippen LogP contribution in [0.3, 0.4) is 0 Å². The van der Waals surface area contributed by atoms with Gasteiger partial charge in [0.05, 0.1) is 24.2 Å². The lowest BCUT2D eigenvalue weighted by atomic mass is 10.1. The van der Waals surface area contributed by atoms with Gasteiger partial charge < -0.3 is 14.4 Å². The molecule has 0 radical (unpaired) electrons. The molecular weight excluding hydrogens is 464 g/mol. The first kappa shape index (κ1) is 22.8. The molecule has 1 saturated heterocycles. The van der Waals surface area contributed by atoms with Crippen LogP contribution in [-0.4, -0.2) is 33.6 Å². The molecule has 2 aromatic heterocycles. The maximum absolute atomic E-state index is 11.5. The Labute approximate surface area is 214 Å². The Bertz CT molecular complexity index is 1560. The molecule has 1 fully saturated rings. The molecule has 0 unspecified atom stereocenters. The summed E-state index contributed by atoms with van der Waals surface area (Å²) in [6, 6.07) is 30.0. The van der Waals surface area contributed by atoms with Crippen molar-refractivity contribution in [2.24, 2.45) is 7.05 Å². The Kier molecular flexibility index (Phi) is 6.02. The van der Waals surface area contributed by atoms with Crippen LogP contribution in [0.4, 0.5) is 5.69 Å². The van der Waals surface area contributed by atoms with Crippen molar-refractivity contribution < 1.29 is 14.3 Å². The highest BCUT2D eigenvalue weighted by molar-refractivity contribution is 5.99. The van der Waals surface area contributed by atoms with Crippen molar-refractivity contribution in [3.05, 3.63) is 102 Å². The van der Waals surface area contributed by atoms with E-state index in [2.05, 4.69) is 17.0 Å². The average Bonchev–Trinajstić information content (AvgIpc) is 3.25. The number of Topliss-reactive ketones (excluding diaryl/α,β-unsaturated/α-hetero) is 1. The number of carbonyl (C=O) groups is 1. The van der Waals surface area contributed by atoms with E-state index in [9.17, 15) is 4.79 Å². The van der Waals surface area contributed by atoms with Crippen molar-refractivity contribution in [3.63, 3.8) is 0 Å². The number of ketones is 1. The molecule has 3 heterocycles. The summed E-state index contributed by atoms with van der Waals surface area (Å²) in [5.41, 5.74) is 5.69. The molecule has 7 nitrogen and oxygen atoms in total. The summed E-state index contributed by atoms with van der Waals surface area (Å²) in [5.74, 6) is 1.21. The number of hydrogen-bond donors (Lipinski definition) is 0. The number of aromatic nitrogens is 3. The zero-order valence-corrected chi connectivity index (χ0v) is 20.5. The van der Waals surface area contributed by atoms with Gasteiger partial charge in [0.15, 0.2) is 5.78 Å². The lowest BCUT2D eigenvalue weighted by Crippen LogP contribution is -2.47. The third-order valence-electron chi connectivity index (χ3n) is 6.47. The summed E-state index contributed by atoms with van der Waals surface area (Å²) in [6.45, 7) is 1.71. The van der Waals surface area contributed by atoms with Crippen molar-refractivity contribution in [3.8, 4) is 23.0 Å². The summed E-state index contributed by atoms with van der Waals surface area (Å²) >= 11 is 0. The fraction of sp³-hybridized carbons (Fsp3) is 0.167. The van der Waals surface area contributed by atoms with Crippen molar-refractivity contribution in [1.29, 1.82) is 0 Å². The number of pyridine rings is 1. The standard InChI is InChI=1S/C30H26N4O3/c1-33-27-16-23(34-17-24(35)18-34)12-13-25(27)29(32-33)26-14-15-28(36-19-21-8-4-2-5-9-21)31-30(26)37-20-22-10-6-3-7-11-22/h2-16H,17-20H2,1H3. The number of carbonyl (C=O) groups excluding carboxylic acids is 1. The van der Waals surface area contributed by atoms with Crippen LogP contribution in [0.1, 0.15) is 11.1 Å². The van der Waals surface area contributed by atoms with Crippen LogP contribution in [0.25, 0.3) is 22.2 Å². The summed E-state index contributed by atoms with van der Waals surface area (Å²) in [4.78, 5) is 18.3. The second kappa shape index (κ2) is 9.78. The third kappa shape index (κ3) is 4.76. The molecule has 1 aliphatic heterocycles. The number of ether oxygens (including phenoxy) is 2. The van der Waals surface area contributed by atoms with Gasteiger partial charge in [0, 0.05) is 24.2 Å². The molecule has 1 aliphatic rings. The minimum absolute atomic E-state index is 0.256. The smallest absolute Gasteiger partial charge is 0.226 e. The second-order valence-electron chi connectivity index (χ2n) is 9.12.